The van der Waals surface area contributed by atoms with Crippen molar-refractivity contribution in [3.05, 3.63) is 36.0 Å². The summed E-state index contributed by atoms with van der Waals surface area (Å²) in [5.74, 6) is 0.196. The second kappa shape index (κ2) is 6.41. The van der Waals surface area contributed by atoms with E-state index in [9.17, 15) is 4.79 Å². The highest BCUT2D eigenvalue weighted by Gasteiger charge is 2.09. The minimum Gasteiger partial charge on any atom is -0.299 e. The average Bonchev–Trinajstić information content (AvgIpc) is 2.11. The van der Waals surface area contributed by atoms with E-state index in [2.05, 4.69) is 0 Å². The van der Waals surface area contributed by atoms with Crippen LogP contribution < -0.4 is 0 Å². The molecule has 0 saturated carbocycles. The third-order valence-corrected chi connectivity index (χ3v) is 1.95. The van der Waals surface area contributed by atoms with Crippen LogP contribution in [0.25, 0.3) is 0 Å². The van der Waals surface area contributed by atoms with Crippen molar-refractivity contribution in [2.24, 2.45) is 5.92 Å². The fraction of sp³-hybridized carbons (Fsp3) is 0.417. The lowest BCUT2D eigenvalue weighted by Gasteiger charge is -2.07. The molecule has 1 heteroatoms. The van der Waals surface area contributed by atoms with E-state index in [0.29, 0.717) is 0 Å². The molecule has 0 aliphatic heterocycles. The number of carbonyl (C=O) groups excluding carboxylic acids is 1. The molecule has 0 aromatic heterocycles. The minimum atomic E-state index is -0.00704. The number of allylic oxidation sites excluding steroid dienone is 6. The first kappa shape index (κ1) is 11.9. The molecule has 0 heterocycles. The Hall–Kier alpha value is -1.11. The third kappa shape index (κ3) is 4.46. The molecule has 0 radical (unpaired) electrons. The molecule has 0 fully saturated rings. The standard InChI is InChI=1S/C12H18O/c1-5-7-9-12(8-6-2)10(3)11(4)13/h5-10H,1-4H3/b7-5-,8-6-,12-9+. The molecule has 1 atom stereocenters. The summed E-state index contributed by atoms with van der Waals surface area (Å²) in [4.78, 5) is 11.1. The van der Waals surface area contributed by atoms with Crippen molar-refractivity contribution in [3.8, 4) is 0 Å². The van der Waals surface area contributed by atoms with Crippen molar-refractivity contribution >= 4 is 5.78 Å². The van der Waals surface area contributed by atoms with Gasteiger partial charge in [0.05, 0.1) is 0 Å². The summed E-state index contributed by atoms with van der Waals surface area (Å²) in [6.45, 7) is 7.47. The zero-order chi connectivity index (χ0) is 10.3. The molecule has 0 saturated heterocycles. The van der Waals surface area contributed by atoms with Crippen LogP contribution in [0.1, 0.15) is 27.7 Å². The maximum Gasteiger partial charge on any atom is 0.136 e. The van der Waals surface area contributed by atoms with Gasteiger partial charge in [-0.05, 0) is 26.3 Å². The van der Waals surface area contributed by atoms with Crippen LogP contribution in [0, 0.1) is 5.92 Å². The Balaban J connectivity index is 4.69. The molecule has 72 valence electrons. The molecule has 0 aliphatic carbocycles. The van der Waals surface area contributed by atoms with Gasteiger partial charge < -0.3 is 0 Å². The Kier molecular flexibility index (Phi) is 5.86. The van der Waals surface area contributed by atoms with E-state index < -0.39 is 0 Å². The Morgan fingerprint density at radius 2 is 1.85 bits per heavy atom. The molecule has 0 bridgehead atoms. The van der Waals surface area contributed by atoms with Crippen LogP contribution in [0.5, 0.6) is 0 Å². The highest BCUT2D eigenvalue weighted by Crippen LogP contribution is 2.13. The maximum absolute atomic E-state index is 11.1. The van der Waals surface area contributed by atoms with Crippen LogP contribution in [0.3, 0.4) is 0 Å². The number of hydrogen-bond acceptors (Lipinski definition) is 1. The van der Waals surface area contributed by atoms with E-state index in [4.69, 9.17) is 0 Å². The van der Waals surface area contributed by atoms with E-state index in [1.165, 1.54) is 0 Å². The summed E-state index contributed by atoms with van der Waals surface area (Å²) in [5, 5.41) is 0. The number of carbonyl (C=O) groups is 1. The zero-order valence-corrected chi connectivity index (χ0v) is 8.87. The normalized spacial score (nSPS) is 15.5. The molecule has 0 aromatic rings. The molecule has 0 amide bonds. The minimum absolute atomic E-state index is 0.00704. The largest absolute Gasteiger partial charge is 0.299 e. The molecule has 0 aliphatic rings. The smallest absolute Gasteiger partial charge is 0.136 e. The van der Waals surface area contributed by atoms with Crippen molar-refractivity contribution in [2.45, 2.75) is 27.7 Å². The SMILES string of the molecule is C\C=C/C=C(\C=C/C)C(C)C(C)=O. The molecular weight excluding hydrogens is 160 g/mol. The molecule has 0 rings (SSSR count). The van der Waals surface area contributed by atoms with Gasteiger partial charge in [-0.1, -0.05) is 37.3 Å². The van der Waals surface area contributed by atoms with Crippen molar-refractivity contribution in [2.75, 3.05) is 0 Å². The fourth-order valence-corrected chi connectivity index (χ4v) is 0.979. The summed E-state index contributed by atoms with van der Waals surface area (Å²) in [5.41, 5.74) is 1.06. The van der Waals surface area contributed by atoms with E-state index in [0.717, 1.165) is 5.57 Å². The third-order valence-electron chi connectivity index (χ3n) is 1.95. The second-order valence-electron chi connectivity index (χ2n) is 3.02. The van der Waals surface area contributed by atoms with Gasteiger partial charge in [0.2, 0.25) is 0 Å². The quantitative estimate of drug-likeness (QED) is 0.604. The van der Waals surface area contributed by atoms with Crippen LogP contribution in [-0.2, 0) is 4.79 Å². The summed E-state index contributed by atoms with van der Waals surface area (Å²) in [6.07, 6.45) is 9.82. The van der Waals surface area contributed by atoms with Crippen molar-refractivity contribution < 1.29 is 4.79 Å². The van der Waals surface area contributed by atoms with E-state index >= 15 is 0 Å². The van der Waals surface area contributed by atoms with Crippen molar-refractivity contribution in [3.63, 3.8) is 0 Å². The molecule has 0 spiro atoms. The van der Waals surface area contributed by atoms with E-state index in [-0.39, 0.29) is 11.7 Å². The summed E-state index contributed by atoms with van der Waals surface area (Å²) >= 11 is 0. The van der Waals surface area contributed by atoms with E-state index in [1.54, 1.807) is 6.92 Å². The van der Waals surface area contributed by atoms with Crippen LogP contribution in [-0.4, -0.2) is 5.78 Å². The molecule has 13 heavy (non-hydrogen) atoms. The first-order valence-corrected chi connectivity index (χ1v) is 4.59. The van der Waals surface area contributed by atoms with Gasteiger partial charge in [0.15, 0.2) is 0 Å². The monoisotopic (exact) mass is 178 g/mol. The Labute approximate surface area is 80.8 Å². The van der Waals surface area contributed by atoms with Gasteiger partial charge in [-0.25, -0.2) is 0 Å². The highest BCUT2D eigenvalue weighted by atomic mass is 16.1. The van der Waals surface area contributed by atoms with Gasteiger partial charge in [-0.3, -0.25) is 4.79 Å². The number of Topliss-reactive ketones (excluding diaryl/α,β-unsaturated/α-hetero) is 1. The number of hydrogen-bond donors (Lipinski definition) is 0. The van der Waals surface area contributed by atoms with Gasteiger partial charge in [0, 0.05) is 5.92 Å². The van der Waals surface area contributed by atoms with Crippen LogP contribution >= 0.6 is 0 Å². The van der Waals surface area contributed by atoms with Crippen molar-refractivity contribution in [1.82, 2.24) is 0 Å². The second-order valence-corrected chi connectivity index (χ2v) is 3.02. The van der Waals surface area contributed by atoms with Gasteiger partial charge in [0.25, 0.3) is 0 Å². The van der Waals surface area contributed by atoms with Crippen LogP contribution in [0.15, 0.2) is 36.0 Å². The fourth-order valence-electron chi connectivity index (χ4n) is 0.979. The maximum atomic E-state index is 11.1. The molecular formula is C12H18O. The molecule has 0 N–H and O–H groups in total. The highest BCUT2D eigenvalue weighted by molar-refractivity contribution is 5.81. The first-order chi connectivity index (χ1) is 6.13. The summed E-state index contributed by atoms with van der Waals surface area (Å²) < 4.78 is 0. The Bertz CT molecular complexity index is 244. The average molecular weight is 178 g/mol. The van der Waals surface area contributed by atoms with Crippen LogP contribution in [0.2, 0.25) is 0 Å². The Morgan fingerprint density at radius 3 is 2.23 bits per heavy atom. The predicted molar refractivity (Wildman–Crippen MR) is 57.6 cm³/mol. The summed E-state index contributed by atoms with van der Waals surface area (Å²) in [6, 6.07) is 0. The van der Waals surface area contributed by atoms with Crippen molar-refractivity contribution in [1.29, 1.82) is 0 Å². The lowest BCUT2D eigenvalue weighted by atomic mass is 9.96. The lowest BCUT2D eigenvalue weighted by Crippen LogP contribution is -2.07. The molecule has 1 unspecified atom stereocenters. The number of ketones is 1. The lowest BCUT2D eigenvalue weighted by molar-refractivity contribution is -0.119. The van der Waals surface area contributed by atoms with E-state index in [1.807, 2.05) is 51.2 Å². The predicted octanol–water partition coefficient (Wildman–Crippen LogP) is 3.29. The topological polar surface area (TPSA) is 17.1 Å². The van der Waals surface area contributed by atoms with Crippen LogP contribution in [0.4, 0.5) is 0 Å². The van der Waals surface area contributed by atoms with Gasteiger partial charge in [0.1, 0.15) is 5.78 Å². The first-order valence-electron chi connectivity index (χ1n) is 4.59. The summed E-state index contributed by atoms with van der Waals surface area (Å²) in [7, 11) is 0. The van der Waals surface area contributed by atoms with Gasteiger partial charge in [-0.2, -0.15) is 0 Å². The van der Waals surface area contributed by atoms with Gasteiger partial charge in [-0.15, -0.1) is 0 Å². The molecule has 0 aromatic carbocycles. The Morgan fingerprint density at radius 1 is 1.23 bits per heavy atom. The number of rotatable bonds is 4. The molecule has 1 nitrogen and oxygen atoms in total. The van der Waals surface area contributed by atoms with Gasteiger partial charge >= 0.3 is 0 Å². The zero-order valence-electron chi connectivity index (χ0n) is 8.87.